The van der Waals surface area contributed by atoms with Gasteiger partial charge in [0.15, 0.2) is 0 Å². The Labute approximate surface area is 160 Å². The van der Waals surface area contributed by atoms with E-state index in [1.54, 1.807) is 12.1 Å². The number of carboxylic acids is 1. The molecule has 0 saturated heterocycles. The number of carbonyl (C=O) groups is 1. The van der Waals surface area contributed by atoms with E-state index in [0.717, 1.165) is 11.1 Å². The van der Waals surface area contributed by atoms with Crippen LogP contribution in [0.4, 0.5) is 0 Å². The van der Waals surface area contributed by atoms with Gasteiger partial charge >= 0.3 is 5.97 Å². The van der Waals surface area contributed by atoms with Crippen LogP contribution < -0.4 is 0 Å². The molecule has 1 aliphatic rings. The zero-order chi connectivity index (χ0) is 19.4. The van der Waals surface area contributed by atoms with E-state index in [1.165, 1.54) is 34.7 Å². The van der Waals surface area contributed by atoms with Gasteiger partial charge in [-0.2, -0.15) is 0 Å². The van der Waals surface area contributed by atoms with Crippen LogP contribution in [0.2, 0.25) is 0 Å². The third-order valence-electron chi connectivity index (χ3n) is 6.29. The molecule has 3 aromatic rings. The number of carboxylic acid groups (broad SMARTS) is 1. The molecule has 2 nitrogen and oxygen atoms in total. The molecule has 0 radical (unpaired) electrons. The molecule has 0 bridgehead atoms. The molecule has 0 unspecified atom stereocenters. The van der Waals surface area contributed by atoms with Crippen LogP contribution >= 0.6 is 0 Å². The van der Waals surface area contributed by atoms with E-state index >= 15 is 0 Å². The fourth-order valence-electron chi connectivity index (χ4n) is 4.38. The molecule has 0 aromatic heterocycles. The summed E-state index contributed by atoms with van der Waals surface area (Å²) in [6, 6.07) is 18.3. The monoisotopic (exact) mass is 358 g/mol. The molecule has 3 aromatic carbocycles. The summed E-state index contributed by atoms with van der Waals surface area (Å²) in [6.07, 6.45) is 2.39. The summed E-state index contributed by atoms with van der Waals surface area (Å²) in [5.41, 5.74) is 5.80. The van der Waals surface area contributed by atoms with Crippen LogP contribution in [0.25, 0.3) is 21.9 Å². The lowest BCUT2D eigenvalue weighted by molar-refractivity contribution is 0.0697. The van der Waals surface area contributed by atoms with E-state index < -0.39 is 5.97 Å². The maximum absolute atomic E-state index is 11.2. The molecule has 2 heteroatoms. The van der Waals surface area contributed by atoms with Gasteiger partial charge in [0.25, 0.3) is 0 Å². The molecule has 0 amide bonds. The normalized spacial score (nSPS) is 17.5. The van der Waals surface area contributed by atoms with Crippen molar-refractivity contribution < 1.29 is 9.90 Å². The quantitative estimate of drug-likeness (QED) is 0.563. The number of benzene rings is 3. The second-order valence-electron chi connectivity index (χ2n) is 9.07. The molecule has 0 atom stereocenters. The van der Waals surface area contributed by atoms with E-state index in [9.17, 15) is 4.79 Å². The Kier molecular flexibility index (Phi) is 3.92. The maximum Gasteiger partial charge on any atom is 0.335 e. The molecular formula is C25H26O2. The van der Waals surface area contributed by atoms with Crippen LogP contribution in [0, 0.1) is 0 Å². The van der Waals surface area contributed by atoms with Gasteiger partial charge in [-0.25, -0.2) is 4.79 Å². The van der Waals surface area contributed by atoms with Crippen molar-refractivity contribution in [1.82, 2.24) is 0 Å². The van der Waals surface area contributed by atoms with Gasteiger partial charge in [0.2, 0.25) is 0 Å². The van der Waals surface area contributed by atoms with Crippen molar-refractivity contribution in [3.63, 3.8) is 0 Å². The van der Waals surface area contributed by atoms with Gasteiger partial charge in [-0.1, -0.05) is 64.1 Å². The summed E-state index contributed by atoms with van der Waals surface area (Å²) < 4.78 is 0. The Morgan fingerprint density at radius 1 is 0.852 bits per heavy atom. The Morgan fingerprint density at radius 3 is 2.04 bits per heavy atom. The summed E-state index contributed by atoms with van der Waals surface area (Å²) in [7, 11) is 0. The van der Waals surface area contributed by atoms with Crippen LogP contribution in [-0.4, -0.2) is 11.1 Å². The number of fused-ring (bicyclic) bond motifs is 2. The van der Waals surface area contributed by atoms with E-state index in [4.69, 9.17) is 5.11 Å². The zero-order valence-corrected chi connectivity index (χ0v) is 16.5. The van der Waals surface area contributed by atoms with Gasteiger partial charge in [0.05, 0.1) is 5.56 Å². The fraction of sp³-hybridized carbons (Fsp3) is 0.320. The van der Waals surface area contributed by atoms with E-state index in [-0.39, 0.29) is 10.8 Å². The highest BCUT2D eigenvalue weighted by atomic mass is 16.4. The second kappa shape index (κ2) is 5.95. The molecule has 0 fully saturated rings. The molecule has 0 aliphatic heterocycles. The van der Waals surface area contributed by atoms with Gasteiger partial charge in [0, 0.05) is 0 Å². The third-order valence-corrected chi connectivity index (χ3v) is 6.29. The Balaban J connectivity index is 1.95. The lowest BCUT2D eigenvalue weighted by Gasteiger charge is -2.42. The minimum atomic E-state index is -0.891. The first-order valence-electron chi connectivity index (χ1n) is 9.60. The van der Waals surface area contributed by atoms with Crippen molar-refractivity contribution >= 4 is 16.7 Å². The first-order chi connectivity index (χ1) is 12.7. The van der Waals surface area contributed by atoms with Crippen molar-refractivity contribution in [3.05, 3.63) is 71.3 Å². The predicted octanol–water partition coefficient (Wildman–Crippen LogP) is 6.55. The van der Waals surface area contributed by atoms with E-state index in [1.807, 2.05) is 12.1 Å². The highest BCUT2D eigenvalue weighted by Gasteiger charge is 2.37. The maximum atomic E-state index is 11.2. The van der Waals surface area contributed by atoms with Gasteiger partial charge in [0.1, 0.15) is 0 Å². The van der Waals surface area contributed by atoms with Gasteiger partial charge in [-0.15, -0.1) is 0 Å². The van der Waals surface area contributed by atoms with Gasteiger partial charge in [-0.3, -0.25) is 0 Å². The summed E-state index contributed by atoms with van der Waals surface area (Å²) in [5.74, 6) is -0.891. The van der Waals surface area contributed by atoms with Crippen LogP contribution in [0.3, 0.4) is 0 Å². The molecule has 1 aliphatic carbocycles. The van der Waals surface area contributed by atoms with Crippen molar-refractivity contribution in [2.75, 3.05) is 0 Å². The highest BCUT2D eigenvalue weighted by molar-refractivity contribution is 5.98. The van der Waals surface area contributed by atoms with E-state index in [2.05, 4.69) is 58.0 Å². The van der Waals surface area contributed by atoms with Crippen molar-refractivity contribution in [3.8, 4) is 11.1 Å². The summed E-state index contributed by atoms with van der Waals surface area (Å²) in [5, 5.41) is 11.6. The number of rotatable bonds is 2. The molecule has 0 heterocycles. The summed E-state index contributed by atoms with van der Waals surface area (Å²) >= 11 is 0. The Hall–Kier alpha value is -2.61. The molecule has 0 spiro atoms. The first kappa shape index (κ1) is 17.8. The average molecular weight is 358 g/mol. The lowest BCUT2D eigenvalue weighted by Crippen LogP contribution is -2.33. The smallest absolute Gasteiger partial charge is 0.335 e. The van der Waals surface area contributed by atoms with Crippen LogP contribution in [0.5, 0.6) is 0 Å². The molecule has 138 valence electrons. The molecule has 27 heavy (non-hydrogen) atoms. The lowest BCUT2D eigenvalue weighted by atomic mass is 9.62. The average Bonchev–Trinajstić information content (AvgIpc) is 2.64. The number of hydrogen-bond donors (Lipinski definition) is 1. The summed E-state index contributed by atoms with van der Waals surface area (Å²) in [6.45, 7) is 9.39. The van der Waals surface area contributed by atoms with Crippen LogP contribution in [-0.2, 0) is 10.8 Å². The largest absolute Gasteiger partial charge is 0.478 e. The molecular weight excluding hydrogens is 332 g/mol. The van der Waals surface area contributed by atoms with Crippen LogP contribution in [0.1, 0.15) is 62.0 Å². The predicted molar refractivity (Wildman–Crippen MR) is 112 cm³/mol. The third kappa shape index (κ3) is 2.93. The zero-order valence-electron chi connectivity index (χ0n) is 16.5. The summed E-state index contributed by atoms with van der Waals surface area (Å²) in [4.78, 5) is 11.2. The van der Waals surface area contributed by atoms with Crippen LogP contribution in [0.15, 0.2) is 54.6 Å². The Bertz CT molecular complexity index is 1040. The van der Waals surface area contributed by atoms with Crippen molar-refractivity contribution in [1.29, 1.82) is 0 Å². The van der Waals surface area contributed by atoms with Gasteiger partial charge < -0.3 is 5.11 Å². The standard InChI is InChI=1S/C25H26O2/c1-24(2)12-13-25(3,4)22-15-20-18(14-21(22)24)6-5-7-19(20)16-8-10-17(11-9-16)23(26)27/h5-11,14-15H,12-13H2,1-4H3,(H,26,27). The second-order valence-corrected chi connectivity index (χ2v) is 9.07. The SMILES string of the molecule is CC1(C)CCC(C)(C)c2cc3c(-c4ccc(C(=O)O)cc4)cccc3cc21. The fourth-order valence-corrected chi connectivity index (χ4v) is 4.38. The molecule has 0 saturated carbocycles. The van der Waals surface area contributed by atoms with Crippen molar-refractivity contribution in [2.24, 2.45) is 0 Å². The Morgan fingerprint density at radius 2 is 1.44 bits per heavy atom. The van der Waals surface area contributed by atoms with E-state index in [0.29, 0.717) is 5.56 Å². The first-order valence-corrected chi connectivity index (χ1v) is 9.60. The molecule has 4 rings (SSSR count). The number of hydrogen-bond acceptors (Lipinski definition) is 1. The topological polar surface area (TPSA) is 37.3 Å². The minimum Gasteiger partial charge on any atom is -0.478 e. The number of aromatic carboxylic acids is 1. The van der Waals surface area contributed by atoms with Gasteiger partial charge in [-0.05, 0) is 74.9 Å². The molecule has 1 N–H and O–H groups in total. The highest BCUT2D eigenvalue weighted by Crippen LogP contribution is 2.47. The van der Waals surface area contributed by atoms with Crippen molar-refractivity contribution in [2.45, 2.75) is 51.4 Å². The minimum absolute atomic E-state index is 0.166.